The highest BCUT2D eigenvalue weighted by molar-refractivity contribution is 6.22. The third-order valence-electron chi connectivity index (χ3n) is 3.84. The fraction of sp³-hybridized carbons (Fsp3) is 0.316. The van der Waals surface area contributed by atoms with Crippen LogP contribution >= 0.6 is 11.6 Å². The lowest BCUT2D eigenvalue weighted by atomic mass is 10.0. The van der Waals surface area contributed by atoms with E-state index in [9.17, 15) is 4.79 Å². The highest BCUT2D eigenvalue weighted by atomic mass is 35.5. The van der Waals surface area contributed by atoms with Crippen molar-refractivity contribution in [3.63, 3.8) is 0 Å². The number of aryl methyl sites for hydroxylation is 1. The lowest BCUT2D eigenvalue weighted by Crippen LogP contribution is -2.30. The van der Waals surface area contributed by atoms with Crippen LogP contribution in [0, 0.1) is 6.92 Å². The summed E-state index contributed by atoms with van der Waals surface area (Å²) in [6.07, 6.45) is 0. The number of carbonyl (C=O) groups is 1. The van der Waals surface area contributed by atoms with Gasteiger partial charge in [-0.1, -0.05) is 42.0 Å². The van der Waals surface area contributed by atoms with E-state index in [4.69, 9.17) is 11.6 Å². The van der Waals surface area contributed by atoms with E-state index in [2.05, 4.69) is 19.1 Å². The number of rotatable bonds is 5. The summed E-state index contributed by atoms with van der Waals surface area (Å²) in [7, 11) is 0. The predicted molar refractivity (Wildman–Crippen MR) is 92.6 cm³/mol. The molecule has 0 fully saturated rings. The van der Waals surface area contributed by atoms with Gasteiger partial charge in [0.05, 0.1) is 5.38 Å². The van der Waals surface area contributed by atoms with Crippen LogP contribution in [-0.4, -0.2) is 23.9 Å². The molecule has 0 aliphatic rings. The van der Waals surface area contributed by atoms with Crippen molar-refractivity contribution >= 4 is 17.5 Å². The molecule has 0 saturated heterocycles. The molecule has 1 amide bonds. The maximum absolute atomic E-state index is 12.3. The Hall–Kier alpha value is -1.80. The molecule has 0 aliphatic carbocycles. The van der Waals surface area contributed by atoms with E-state index in [1.165, 1.54) is 5.56 Å². The number of halogens is 1. The van der Waals surface area contributed by atoms with Gasteiger partial charge >= 0.3 is 0 Å². The summed E-state index contributed by atoms with van der Waals surface area (Å²) in [6.45, 7) is 7.47. The Balaban J connectivity index is 2.20. The quantitative estimate of drug-likeness (QED) is 0.725. The van der Waals surface area contributed by atoms with Crippen LogP contribution in [0.4, 0.5) is 0 Å². The second-order valence-electron chi connectivity index (χ2n) is 5.38. The molecule has 0 heterocycles. The van der Waals surface area contributed by atoms with E-state index < -0.39 is 0 Å². The van der Waals surface area contributed by atoms with Crippen LogP contribution < -0.4 is 0 Å². The van der Waals surface area contributed by atoms with Gasteiger partial charge in [-0.25, -0.2) is 0 Å². The zero-order valence-corrected chi connectivity index (χ0v) is 14.1. The molecular formula is C19H22ClNO. The van der Waals surface area contributed by atoms with Gasteiger partial charge in [-0.3, -0.25) is 4.79 Å². The second kappa shape index (κ2) is 7.46. The molecule has 0 aliphatic heterocycles. The smallest absolute Gasteiger partial charge is 0.253 e. The van der Waals surface area contributed by atoms with Crippen molar-refractivity contribution in [2.45, 2.75) is 26.1 Å². The third-order valence-corrected chi connectivity index (χ3v) is 4.34. The van der Waals surface area contributed by atoms with Crippen LogP contribution in [0.25, 0.3) is 0 Å². The second-order valence-corrected chi connectivity index (χ2v) is 5.81. The van der Waals surface area contributed by atoms with Gasteiger partial charge in [0.15, 0.2) is 0 Å². The standard InChI is InChI=1S/C19H22ClNO/c1-4-21(5-2)19(22)16-11-9-15(10-12-16)18(20)17-8-6-7-14(3)13-17/h6-13,18H,4-5H2,1-3H3. The van der Waals surface area contributed by atoms with Crippen molar-refractivity contribution in [3.05, 3.63) is 70.8 Å². The number of carbonyl (C=O) groups excluding carboxylic acids is 1. The van der Waals surface area contributed by atoms with Crippen LogP contribution in [0.2, 0.25) is 0 Å². The Labute approximate surface area is 137 Å². The molecule has 2 aromatic rings. The minimum atomic E-state index is -0.197. The molecule has 0 saturated carbocycles. The minimum Gasteiger partial charge on any atom is -0.339 e. The van der Waals surface area contributed by atoms with Crippen LogP contribution in [-0.2, 0) is 0 Å². The van der Waals surface area contributed by atoms with Crippen LogP contribution in [0.3, 0.4) is 0 Å². The minimum absolute atomic E-state index is 0.0678. The first-order chi connectivity index (χ1) is 10.6. The van der Waals surface area contributed by atoms with E-state index in [0.29, 0.717) is 5.56 Å². The van der Waals surface area contributed by atoms with E-state index in [0.717, 1.165) is 24.2 Å². The molecule has 0 aromatic heterocycles. The van der Waals surface area contributed by atoms with E-state index in [1.54, 1.807) is 0 Å². The van der Waals surface area contributed by atoms with E-state index >= 15 is 0 Å². The largest absolute Gasteiger partial charge is 0.339 e. The monoisotopic (exact) mass is 315 g/mol. The van der Waals surface area contributed by atoms with Crippen molar-refractivity contribution in [2.75, 3.05) is 13.1 Å². The van der Waals surface area contributed by atoms with Crippen LogP contribution in [0.15, 0.2) is 48.5 Å². The predicted octanol–water partition coefficient (Wildman–Crippen LogP) is 4.81. The Morgan fingerprint density at radius 2 is 1.68 bits per heavy atom. The summed E-state index contributed by atoms with van der Waals surface area (Å²) in [4.78, 5) is 14.1. The van der Waals surface area contributed by atoms with Crippen LogP contribution in [0.5, 0.6) is 0 Å². The highest BCUT2D eigenvalue weighted by Crippen LogP contribution is 2.29. The van der Waals surface area contributed by atoms with Crippen LogP contribution in [0.1, 0.15) is 46.3 Å². The van der Waals surface area contributed by atoms with Crippen molar-refractivity contribution < 1.29 is 4.79 Å². The zero-order valence-electron chi connectivity index (χ0n) is 13.3. The third kappa shape index (κ3) is 3.69. The van der Waals surface area contributed by atoms with Gasteiger partial charge < -0.3 is 4.90 Å². The van der Waals surface area contributed by atoms with Crippen molar-refractivity contribution in [3.8, 4) is 0 Å². The first-order valence-electron chi connectivity index (χ1n) is 7.66. The number of hydrogen-bond donors (Lipinski definition) is 0. The molecule has 116 valence electrons. The fourth-order valence-electron chi connectivity index (χ4n) is 2.51. The summed E-state index contributed by atoms with van der Waals surface area (Å²) in [5.41, 5.74) is 3.98. The molecule has 2 nitrogen and oxygen atoms in total. The summed E-state index contributed by atoms with van der Waals surface area (Å²) in [6, 6.07) is 15.8. The summed E-state index contributed by atoms with van der Waals surface area (Å²) in [5.74, 6) is 0.0678. The molecule has 3 heteroatoms. The van der Waals surface area contributed by atoms with E-state index in [-0.39, 0.29) is 11.3 Å². The first-order valence-corrected chi connectivity index (χ1v) is 8.10. The normalized spacial score (nSPS) is 12.0. The van der Waals surface area contributed by atoms with Crippen molar-refractivity contribution in [2.24, 2.45) is 0 Å². The Morgan fingerprint density at radius 1 is 1.05 bits per heavy atom. The summed E-state index contributed by atoms with van der Waals surface area (Å²) in [5, 5.41) is -0.197. The Kier molecular flexibility index (Phi) is 5.62. The number of nitrogens with zero attached hydrogens (tertiary/aromatic N) is 1. The van der Waals surface area contributed by atoms with Gasteiger partial charge in [0, 0.05) is 18.7 Å². The van der Waals surface area contributed by atoms with Crippen molar-refractivity contribution in [1.82, 2.24) is 4.90 Å². The van der Waals surface area contributed by atoms with Crippen molar-refractivity contribution in [1.29, 1.82) is 0 Å². The summed E-state index contributed by atoms with van der Waals surface area (Å²) < 4.78 is 0. The molecule has 22 heavy (non-hydrogen) atoms. The Bertz CT molecular complexity index is 632. The fourth-order valence-corrected chi connectivity index (χ4v) is 2.79. The number of amides is 1. The number of alkyl halides is 1. The average Bonchev–Trinajstić information content (AvgIpc) is 2.55. The molecule has 0 N–H and O–H groups in total. The molecular weight excluding hydrogens is 294 g/mol. The SMILES string of the molecule is CCN(CC)C(=O)c1ccc(C(Cl)c2cccc(C)c2)cc1. The molecule has 1 atom stereocenters. The number of hydrogen-bond acceptors (Lipinski definition) is 1. The van der Waals surface area contributed by atoms with Gasteiger partial charge in [-0.2, -0.15) is 0 Å². The summed E-state index contributed by atoms with van der Waals surface area (Å²) >= 11 is 6.56. The van der Waals surface area contributed by atoms with Gasteiger partial charge in [0.25, 0.3) is 5.91 Å². The maximum atomic E-state index is 12.3. The molecule has 1 unspecified atom stereocenters. The van der Waals surface area contributed by atoms with E-state index in [1.807, 2.05) is 55.1 Å². The average molecular weight is 316 g/mol. The molecule has 2 aromatic carbocycles. The maximum Gasteiger partial charge on any atom is 0.253 e. The lowest BCUT2D eigenvalue weighted by molar-refractivity contribution is 0.0773. The Morgan fingerprint density at radius 3 is 2.23 bits per heavy atom. The van der Waals surface area contributed by atoms with Gasteiger partial charge in [-0.05, 0) is 44.0 Å². The molecule has 0 spiro atoms. The topological polar surface area (TPSA) is 20.3 Å². The molecule has 0 bridgehead atoms. The molecule has 2 rings (SSSR count). The van der Waals surface area contributed by atoms with Gasteiger partial charge in [0.1, 0.15) is 0 Å². The highest BCUT2D eigenvalue weighted by Gasteiger charge is 2.14. The first kappa shape index (κ1) is 16.6. The molecule has 0 radical (unpaired) electrons. The van der Waals surface area contributed by atoms with Gasteiger partial charge in [0.2, 0.25) is 0 Å². The zero-order chi connectivity index (χ0) is 16.1. The lowest BCUT2D eigenvalue weighted by Gasteiger charge is -2.19. The van der Waals surface area contributed by atoms with Gasteiger partial charge in [-0.15, -0.1) is 11.6 Å². The number of benzene rings is 2.